The first-order chi connectivity index (χ1) is 19.7. The number of hydrogen-bond donors (Lipinski definition) is 1. The normalized spacial score (nSPS) is 28.8. The molecule has 0 saturated carbocycles. The van der Waals surface area contributed by atoms with Crippen LogP contribution in [-0.4, -0.2) is 94.5 Å². The van der Waals surface area contributed by atoms with E-state index in [1.807, 2.05) is 31.2 Å². The zero-order valence-electron chi connectivity index (χ0n) is 25.2. The Morgan fingerprint density at radius 3 is 2.24 bits per heavy atom. The van der Waals surface area contributed by atoms with E-state index in [-0.39, 0.29) is 42.0 Å². The Bertz CT molecular complexity index is 1150. The van der Waals surface area contributed by atoms with Crippen LogP contribution < -0.4 is 9.80 Å². The lowest BCUT2D eigenvalue weighted by molar-refractivity contribution is -0.145. The molecule has 0 aliphatic carbocycles. The van der Waals surface area contributed by atoms with Crippen molar-refractivity contribution in [2.75, 3.05) is 49.6 Å². The number of likely N-dealkylation sites (tertiary alicyclic amines) is 1. The average Bonchev–Trinajstić information content (AvgIpc) is 3.57. The summed E-state index contributed by atoms with van der Waals surface area (Å²) >= 11 is 1.66. The number of thioether (sulfide) groups is 1. The SMILES string of the molecule is C=CCN(C)C(=O)[C@@H]1[C@@H]2CC(C)C3(S2)C(C(=O)N(CC=C)c2ccc(N(CC)CC)cc2)N([C@@H](CC)CO)C(=O)[C@H]13. The van der Waals surface area contributed by atoms with Crippen molar-refractivity contribution in [2.24, 2.45) is 17.8 Å². The summed E-state index contributed by atoms with van der Waals surface area (Å²) in [5.74, 6) is -1.53. The summed E-state index contributed by atoms with van der Waals surface area (Å²) in [5, 5.41) is 10.4. The quantitative estimate of drug-likeness (QED) is 0.356. The van der Waals surface area contributed by atoms with Crippen molar-refractivity contribution in [3.63, 3.8) is 0 Å². The molecule has 224 valence electrons. The first-order valence-corrected chi connectivity index (χ1v) is 15.8. The minimum Gasteiger partial charge on any atom is -0.394 e. The topological polar surface area (TPSA) is 84.4 Å². The van der Waals surface area contributed by atoms with Crippen LogP contribution >= 0.6 is 11.8 Å². The van der Waals surface area contributed by atoms with E-state index >= 15 is 0 Å². The minimum absolute atomic E-state index is 0.0356. The number of rotatable bonds is 13. The number of benzene rings is 1. The van der Waals surface area contributed by atoms with Crippen molar-refractivity contribution in [1.82, 2.24) is 9.80 Å². The van der Waals surface area contributed by atoms with Gasteiger partial charge >= 0.3 is 0 Å². The maximum atomic E-state index is 14.8. The first-order valence-electron chi connectivity index (χ1n) is 14.9. The largest absolute Gasteiger partial charge is 0.394 e. The van der Waals surface area contributed by atoms with Crippen LogP contribution in [0.15, 0.2) is 49.6 Å². The Balaban J connectivity index is 1.80. The highest BCUT2D eigenvalue weighted by atomic mass is 32.2. The minimum atomic E-state index is -0.799. The van der Waals surface area contributed by atoms with Gasteiger partial charge in [-0.2, -0.15) is 0 Å². The molecule has 3 aliphatic rings. The molecule has 0 radical (unpaired) electrons. The van der Waals surface area contributed by atoms with Crippen LogP contribution in [0.4, 0.5) is 11.4 Å². The lowest BCUT2D eigenvalue weighted by Gasteiger charge is -2.42. The van der Waals surface area contributed by atoms with Crippen molar-refractivity contribution in [3.8, 4) is 0 Å². The van der Waals surface area contributed by atoms with Crippen molar-refractivity contribution >= 4 is 40.9 Å². The van der Waals surface area contributed by atoms with Gasteiger partial charge in [-0.05, 0) is 56.9 Å². The van der Waals surface area contributed by atoms with Gasteiger partial charge in [0.15, 0.2) is 0 Å². The molecule has 1 aromatic carbocycles. The third kappa shape index (κ3) is 4.99. The molecule has 1 N–H and O–H groups in total. The smallest absolute Gasteiger partial charge is 0.251 e. The van der Waals surface area contributed by atoms with E-state index in [4.69, 9.17) is 0 Å². The van der Waals surface area contributed by atoms with Crippen LogP contribution in [0.2, 0.25) is 0 Å². The molecule has 3 fully saturated rings. The van der Waals surface area contributed by atoms with Crippen LogP contribution in [0, 0.1) is 17.8 Å². The Labute approximate surface area is 249 Å². The van der Waals surface area contributed by atoms with Crippen LogP contribution in [-0.2, 0) is 14.4 Å². The van der Waals surface area contributed by atoms with Gasteiger partial charge in [-0.3, -0.25) is 14.4 Å². The molecule has 9 heteroatoms. The fraction of sp³-hybridized carbons (Fsp3) is 0.594. The summed E-state index contributed by atoms with van der Waals surface area (Å²) < 4.78 is -0.753. The van der Waals surface area contributed by atoms with Crippen molar-refractivity contribution in [2.45, 2.75) is 62.6 Å². The van der Waals surface area contributed by atoms with Crippen molar-refractivity contribution in [1.29, 1.82) is 0 Å². The summed E-state index contributed by atoms with van der Waals surface area (Å²) in [7, 11) is 1.74. The maximum absolute atomic E-state index is 14.8. The third-order valence-corrected chi connectivity index (χ3v) is 11.5. The monoisotopic (exact) mass is 582 g/mol. The standard InChI is InChI=1S/C32H46N4O4S/c1-8-17-33(7)29(38)26-25-19-21(6)32(41-25)27(26)30(39)36(22(10-3)20-37)28(32)31(40)35(18-9-2)24-15-13-23(14-16-24)34(11-4)12-5/h8-9,13-16,21-22,25-28,37H,1-2,10-12,17-20H2,3-7H3/t21?,22-,25-,26+,27-,28?,32?/m0/s1. The fourth-order valence-corrected chi connectivity index (χ4v) is 9.79. The first kappa shape index (κ1) is 31.2. The van der Waals surface area contributed by atoms with Gasteiger partial charge in [0.2, 0.25) is 11.8 Å². The van der Waals surface area contributed by atoms with Gasteiger partial charge < -0.3 is 24.7 Å². The van der Waals surface area contributed by atoms with Gasteiger partial charge in [-0.15, -0.1) is 24.9 Å². The number of nitrogens with zero attached hydrogens (tertiary/aromatic N) is 4. The zero-order chi connectivity index (χ0) is 30.1. The van der Waals surface area contributed by atoms with E-state index < -0.39 is 28.7 Å². The summed E-state index contributed by atoms with van der Waals surface area (Å²) in [6.07, 6.45) is 4.66. The summed E-state index contributed by atoms with van der Waals surface area (Å²) in [4.78, 5) is 50.2. The number of amides is 3. The number of carbonyl (C=O) groups is 3. The zero-order valence-corrected chi connectivity index (χ0v) is 26.0. The second-order valence-corrected chi connectivity index (χ2v) is 13.0. The molecule has 2 bridgehead atoms. The number of anilines is 2. The van der Waals surface area contributed by atoms with Crippen LogP contribution in [0.3, 0.4) is 0 Å². The molecule has 0 aromatic heterocycles. The highest BCUT2D eigenvalue weighted by Gasteiger charge is 2.76. The van der Waals surface area contributed by atoms with Gasteiger partial charge in [-0.25, -0.2) is 0 Å². The molecule has 41 heavy (non-hydrogen) atoms. The molecule has 4 rings (SSSR count). The number of likely N-dealkylation sites (N-methyl/N-ethyl adjacent to an activating group) is 1. The fourth-order valence-electron chi connectivity index (χ4n) is 7.40. The third-order valence-electron chi connectivity index (χ3n) is 9.42. The molecule has 1 spiro atoms. The lowest BCUT2D eigenvalue weighted by Crippen LogP contribution is -2.59. The van der Waals surface area contributed by atoms with Gasteiger partial charge in [0, 0.05) is 49.9 Å². The highest BCUT2D eigenvalue weighted by molar-refractivity contribution is 8.02. The molecule has 8 nitrogen and oxygen atoms in total. The van der Waals surface area contributed by atoms with Crippen LogP contribution in [0.5, 0.6) is 0 Å². The van der Waals surface area contributed by atoms with Crippen molar-refractivity contribution < 1.29 is 19.5 Å². The van der Waals surface area contributed by atoms with E-state index in [1.165, 1.54) is 0 Å². The van der Waals surface area contributed by atoms with E-state index in [2.05, 4.69) is 38.8 Å². The number of fused-ring (bicyclic) bond motifs is 1. The molecule has 3 unspecified atom stereocenters. The molecule has 7 atom stereocenters. The number of aliphatic hydroxyl groups is 1. The van der Waals surface area contributed by atoms with E-state index in [0.29, 0.717) is 13.0 Å². The molecule has 3 saturated heterocycles. The van der Waals surface area contributed by atoms with Crippen LogP contribution in [0.25, 0.3) is 0 Å². The molecule has 1 aromatic rings. The van der Waals surface area contributed by atoms with Crippen LogP contribution in [0.1, 0.15) is 40.5 Å². The molecular formula is C32H46N4O4S. The summed E-state index contributed by atoms with van der Waals surface area (Å²) in [5.41, 5.74) is 1.81. The predicted octanol–water partition coefficient (Wildman–Crippen LogP) is 3.80. The summed E-state index contributed by atoms with van der Waals surface area (Å²) in [6, 6.07) is 6.64. The highest BCUT2D eigenvalue weighted by Crippen LogP contribution is 2.69. The van der Waals surface area contributed by atoms with E-state index in [1.54, 1.807) is 45.7 Å². The van der Waals surface area contributed by atoms with Gasteiger partial charge in [0.05, 0.1) is 29.2 Å². The Kier molecular flexibility index (Phi) is 9.59. The van der Waals surface area contributed by atoms with E-state index in [9.17, 15) is 19.5 Å². The average molecular weight is 583 g/mol. The molecule has 3 aliphatic heterocycles. The number of hydrogen-bond acceptors (Lipinski definition) is 6. The lowest BCUT2D eigenvalue weighted by atomic mass is 9.65. The Morgan fingerprint density at radius 2 is 1.71 bits per heavy atom. The van der Waals surface area contributed by atoms with Gasteiger partial charge in [0.1, 0.15) is 6.04 Å². The second kappa shape index (κ2) is 12.6. The molecule has 3 amide bonds. The van der Waals surface area contributed by atoms with Crippen molar-refractivity contribution in [3.05, 3.63) is 49.6 Å². The Morgan fingerprint density at radius 1 is 1.10 bits per heavy atom. The predicted molar refractivity (Wildman–Crippen MR) is 167 cm³/mol. The molecule has 3 heterocycles. The number of carbonyl (C=O) groups excluding carboxylic acids is 3. The molecular weight excluding hydrogens is 536 g/mol. The second-order valence-electron chi connectivity index (χ2n) is 11.5. The summed E-state index contributed by atoms with van der Waals surface area (Å²) in [6.45, 7) is 18.1. The van der Waals surface area contributed by atoms with E-state index in [0.717, 1.165) is 30.9 Å². The van der Waals surface area contributed by atoms with Gasteiger partial charge in [0.25, 0.3) is 5.91 Å². The Hall–Kier alpha value is -2.78. The number of aliphatic hydroxyl groups excluding tert-OH is 1. The maximum Gasteiger partial charge on any atom is 0.251 e. The van der Waals surface area contributed by atoms with Gasteiger partial charge in [-0.1, -0.05) is 26.0 Å².